The van der Waals surface area contributed by atoms with Gasteiger partial charge in [-0.2, -0.15) is 8.42 Å². The number of carbonyl (C=O) groups is 2. The maximum absolute atomic E-state index is 10.6. The van der Waals surface area contributed by atoms with E-state index in [1.54, 1.807) is 0 Å². The smallest absolute Gasteiger partial charge is 0.306 e. The van der Waals surface area contributed by atoms with Crippen LogP contribution in [0.4, 0.5) is 0 Å². The molecule has 1 N–H and O–H groups in total. The van der Waals surface area contributed by atoms with Crippen LogP contribution >= 0.6 is 0 Å². The molecule has 2 rings (SSSR count). The number of aliphatic hydroxyl groups excluding tert-OH is 1. The first-order valence-corrected chi connectivity index (χ1v) is 7.96. The normalized spacial score (nSPS) is 24.5. The minimum absolute atomic E-state index is 0. The molecule has 2 heterocycles. The maximum Gasteiger partial charge on any atom is 0.306 e. The van der Waals surface area contributed by atoms with E-state index < -0.39 is 16.2 Å². The monoisotopic (exact) mass is 326 g/mol. The quantitative estimate of drug-likeness (QED) is 0.566. The summed E-state index contributed by atoms with van der Waals surface area (Å²) < 4.78 is 34.8. The molecule has 9 heteroatoms. The van der Waals surface area contributed by atoms with Gasteiger partial charge in [0, 0.05) is 12.8 Å². The summed E-state index contributed by atoms with van der Waals surface area (Å²) in [6, 6.07) is 0. The summed E-state index contributed by atoms with van der Waals surface area (Å²) in [5.41, 5.74) is 0. The Morgan fingerprint density at radius 2 is 1.62 bits per heavy atom. The van der Waals surface area contributed by atoms with Crippen molar-refractivity contribution in [1.82, 2.24) is 0 Å². The van der Waals surface area contributed by atoms with Gasteiger partial charge in [-0.3, -0.25) is 13.8 Å². The van der Waals surface area contributed by atoms with Crippen molar-refractivity contribution in [3.8, 4) is 0 Å². The van der Waals surface area contributed by atoms with Crippen LogP contribution < -0.4 is 0 Å². The lowest BCUT2D eigenvalue weighted by Crippen LogP contribution is -2.17. The lowest BCUT2D eigenvalue weighted by Gasteiger charge is -2.07. The highest BCUT2D eigenvalue weighted by atomic mass is 32.2. The lowest BCUT2D eigenvalue weighted by molar-refractivity contribution is -0.143. The fourth-order valence-corrected chi connectivity index (χ4v) is 2.01. The third kappa shape index (κ3) is 8.64. The standard InChI is InChI=1S/C6H10O5S.C5H8O3.CH4/c1-12(8,9)10-4-5-2-3-6(7)11-5;6-3-4-1-2-5(7)8-4;/h5H,2-4H2,1H3;4,6H,1-3H2;1H4. The van der Waals surface area contributed by atoms with Gasteiger partial charge in [0.1, 0.15) is 18.8 Å². The first-order valence-electron chi connectivity index (χ1n) is 6.14. The Morgan fingerprint density at radius 1 is 1.14 bits per heavy atom. The minimum atomic E-state index is -3.42. The lowest BCUT2D eigenvalue weighted by atomic mass is 10.2. The molecule has 0 saturated carbocycles. The Hall–Kier alpha value is -1.19. The molecule has 0 spiro atoms. The van der Waals surface area contributed by atoms with Crippen LogP contribution in [0.15, 0.2) is 0 Å². The highest BCUT2D eigenvalue weighted by molar-refractivity contribution is 7.85. The number of hydrogen-bond acceptors (Lipinski definition) is 8. The van der Waals surface area contributed by atoms with Gasteiger partial charge in [-0.05, 0) is 12.8 Å². The Bertz CT molecular complexity index is 444. The predicted molar refractivity (Wildman–Crippen MR) is 72.8 cm³/mol. The van der Waals surface area contributed by atoms with E-state index in [-0.39, 0.29) is 38.7 Å². The van der Waals surface area contributed by atoms with E-state index in [4.69, 9.17) is 9.84 Å². The molecule has 0 aliphatic carbocycles. The number of aliphatic hydroxyl groups is 1. The zero-order valence-corrected chi connectivity index (χ0v) is 11.9. The molecule has 2 aliphatic heterocycles. The van der Waals surface area contributed by atoms with E-state index in [9.17, 15) is 18.0 Å². The van der Waals surface area contributed by atoms with E-state index in [0.29, 0.717) is 25.7 Å². The summed E-state index contributed by atoms with van der Waals surface area (Å²) in [5.74, 6) is -0.485. The molecule has 0 aromatic carbocycles. The third-order valence-corrected chi connectivity index (χ3v) is 3.17. The second kappa shape index (κ2) is 8.96. The van der Waals surface area contributed by atoms with E-state index in [0.717, 1.165) is 6.26 Å². The highest BCUT2D eigenvalue weighted by Gasteiger charge is 2.24. The van der Waals surface area contributed by atoms with E-state index in [1.165, 1.54) is 0 Å². The van der Waals surface area contributed by atoms with Crippen LogP contribution in [0.5, 0.6) is 0 Å². The summed E-state index contributed by atoms with van der Waals surface area (Å²) in [7, 11) is -3.42. The average molecular weight is 326 g/mol. The number of ether oxygens (including phenoxy) is 2. The second-order valence-corrected chi connectivity index (χ2v) is 6.12. The maximum atomic E-state index is 10.6. The second-order valence-electron chi connectivity index (χ2n) is 4.47. The Balaban J connectivity index is 0.000000390. The fraction of sp³-hybridized carbons (Fsp3) is 0.833. The molecule has 0 radical (unpaired) electrons. The molecule has 124 valence electrons. The Kier molecular flexibility index (Phi) is 8.45. The molecule has 2 atom stereocenters. The molecule has 0 aromatic rings. The fourth-order valence-electron chi connectivity index (χ4n) is 1.61. The van der Waals surface area contributed by atoms with Gasteiger partial charge in [0.15, 0.2) is 0 Å². The first-order chi connectivity index (χ1) is 9.30. The van der Waals surface area contributed by atoms with Crippen LogP contribution in [0.1, 0.15) is 33.1 Å². The van der Waals surface area contributed by atoms with Crippen molar-refractivity contribution in [3.63, 3.8) is 0 Å². The van der Waals surface area contributed by atoms with Crippen molar-refractivity contribution >= 4 is 22.1 Å². The van der Waals surface area contributed by atoms with Crippen LogP contribution in [-0.4, -0.2) is 57.1 Å². The van der Waals surface area contributed by atoms with Crippen molar-refractivity contribution < 1.29 is 36.8 Å². The van der Waals surface area contributed by atoms with Gasteiger partial charge in [-0.15, -0.1) is 0 Å². The molecule has 21 heavy (non-hydrogen) atoms. The van der Waals surface area contributed by atoms with Crippen molar-refractivity contribution in [1.29, 1.82) is 0 Å². The van der Waals surface area contributed by atoms with Crippen molar-refractivity contribution in [3.05, 3.63) is 0 Å². The van der Waals surface area contributed by atoms with Gasteiger partial charge in [0.05, 0.1) is 12.9 Å². The average Bonchev–Trinajstić information content (AvgIpc) is 2.95. The zero-order chi connectivity index (χ0) is 15.2. The Morgan fingerprint density at radius 3 is 1.90 bits per heavy atom. The molecule has 2 unspecified atom stereocenters. The van der Waals surface area contributed by atoms with Crippen LogP contribution in [0.2, 0.25) is 0 Å². The van der Waals surface area contributed by atoms with Gasteiger partial charge in [-0.25, -0.2) is 0 Å². The van der Waals surface area contributed by atoms with Crippen LogP contribution in [0.3, 0.4) is 0 Å². The highest BCUT2D eigenvalue weighted by Crippen LogP contribution is 2.14. The van der Waals surface area contributed by atoms with Gasteiger partial charge >= 0.3 is 11.9 Å². The number of rotatable bonds is 4. The third-order valence-electron chi connectivity index (χ3n) is 2.61. The van der Waals surface area contributed by atoms with E-state index in [1.807, 2.05) is 0 Å². The minimum Gasteiger partial charge on any atom is -0.460 e. The predicted octanol–water partition coefficient (Wildman–Crippen LogP) is -0.0114. The van der Waals surface area contributed by atoms with Crippen molar-refractivity contribution in [2.24, 2.45) is 0 Å². The topological polar surface area (TPSA) is 116 Å². The van der Waals surface area contributed by atoms with Gasteiger partial charge in [0.2, 0.25) is 0 Å². The van der Waals surface area contributed by atoms with Crippen LogP contribution in [0.25, 0.3) is 0 Å². The number of esters is 2. The summed E-state index contributed by atoms with van der Waals surface area (Å²) >= 11 is 0. The van der Waals surface area contributed by atoms with Gasteiger partial charge in [-0.1, -0.05) is 7.43 Å². The molecule has 2 saturated heterocycles. The van der Waals surface area contributed by atoms with Crippen LogP contribution in [-0.2, 0) is 33.4 Å². The molecular formula is C12H22O8S. The number of carbonyl (C=O) groups excluding carboxylic acids is 2. The molecule has 0 amide bonds. The number of hydrogen-bond donors (Lipinski definition) is 1. The van der Waals surface area contributed by atoms with Gasteiger partial charge in [0.25, 0.3) is 10.1 Å². The van der Waals surface area contributed by atoms with Crippen molar-refractivity contribution in [2.75, 3.05) is 19.5 Å². The summed E-state index contributed by atoms with van der Waals surface area (Å²) in [5, 5.41) is 8.41. The molecular weight excluding hydrogens is 304 g/mol. The summed E-state index contributed by atoms with van der Waals surface area (Å²) in [4.78, 5) is 20.8. The molecule has 2 aliphatic rings. The summed E-state index contributed by atoms with van der Waals surface area (Å²) in [6.07, 6.45) is 2.37. The largest absolute Gasteiger partial charge is 0.460 e. The van der Waals surface area contributed by atoms with Crippen LogP contribution in [0, 0.1) is 0 Å². The van der Waals surface area contributed by atoms with E-state index in [2.05, 4.69) is 8.92 Å². The molecule has 0 aromatic heterocycles. The Labute approximate surface area is 124 Å². The number of cyclic esters (lactones) is 2. The van der Waals surface area contributed by atoms with E-state index >= 15 is 0 Å². The first kappa shape index (κ1) is 19.8. The summed E-state index contributed by atoms with van der Waals surface area (Å²) in [6.45, 7) is -0.101. The molecule has 8 nitrogen and oxygen atoms in total. The molecule has 0 bridgehead atoms. The molecule has 2 fully saturated rings. The zero-order valence-electron chi connectivity index (χ0n) is 11.1. The van der Waals surface area contributed by atoms with Crippen molar-refractivity contribution in [2.45, 2.75) is 45.3 Å². The SMILES string of the molecule is C.CS(=O)(=O)OCC1CCC(=O)O1.O=C1CCC(CO)O1. The van der Waals surface area contributed by atoms with Gasteiger partial charge < -0.3 is 14.6 Å².